The molecule has 1 atom stereocenters. The first-order chi connectivity index (χ1) is 13.7. The standard InChI is InChI=1S/C24H18ClNO2/c25-13-19-14-26(21-12-17-7-3-4-8-20(17)23(27)22(19)21)24(28)18-10-9-15-5-1-2-6-16(15)11-18/h1-12,19,27H,13-14H2/t19-/m1/s1. The van der Waals surface area contributed by atoms with Crippen LogP contribution in [0.2, 0.25) is 0 Å². The first-order valence-corrected chi connectivity index (χ1v) is 9.82. The van der Waals surface area contributed by atoms with Gasteiger partial charge in [0, 0.05) is 34.9 Å². The molecule has 0 aliphatic carbocycles. The molecule has 4 heteroatoms. The molecule has 3 nitrogen and oxygen atoms in total. The van der Waals surface area contributed by atoms with Gasteiger partial charge in [0.2, 0.25) is 0 Å². The number of fused-ring (bicyclic) bond motifs is 3. The monoisotopic (exact) mass is 387 g/mol. The van der Waals surface area contributed by atoms with E-state index in [1.54, 1.807) is 4.90 Å². The molecule has 1 heterocycles. The van der Waals surface area contributed by atoms with Gasteiger partial charge in [-0.1, -0.05) is 54.6 Å². The van der Waals surface area contributed by atoms with Gasteiger partial charge in [0.05, 0.1) is 5.69 Å². The number of alkyl halides is 1. The number of halogens is 1. The molecule has 138 valence electrons. The van der Waals surface area contributed by atoms with Crippen LogP contribution in [0, 0.1) is 0 Å². The maximum atomic E-state index is 13.4. The van der Waals surface area contributed by atoms with E-state index in [0.717, 1.165) is 32.8 Å². The summed E-state index contributed by atoms with van der Waals surface area (Å²) >= 11 is 6.20. The Balaban J connectivity index is 1.64. The Morgan fingerprint density at radius 2 is 1.68 bits per heavy atom. The second-order valence-electron chi connectivity index (χ2n) is 7.21. The van der Waals surface area contributed by atoms with Crippen LogP contribution >= 0.6 is 11.6 Å². The number of amides is 1. The minimum Gasteiger partial charge on any atom is -0.507 e. The van der Waals surface area contributed by atoms with E-state index in [2.05, 4.69) is 0 Å². The summed E-state index contributed by atoms with van der Waals surface area (Å²) in [6.45, 7) is 0.467. The number of nitrogens with zero attached hydrogens (tertiary/aromatic N) is 1. The lowest BCUT2D eigenvalue weighted by molar-refractivity contribution is 0.0988. The lowest BCUT2D eigenvalue weighted by Gasteiger charge is -2.19. The Kier molecular flexibility index (Phi) is 3.99. The second kappa shape index (κ2) is 6.54. The number of carbonyl (C=O) groups excluding carboxylic acids is 1. The highest BCUT2D eigenvalue weighted by Crippen LogP contribution is 2.46. The van der Waals surface area contributed by atoms with Gasteiger partial charge in [0.15, 0.2) is 0 Å². The number of hydrogen-bond donors (Lipinski definition) is 1. The number of aromatic hydroxyl groups is 1. The molecular weight excluding hydrogens is 370 g/mol. The van der Waals surface area contributed by atoms with Crippen molar-refractivity contribution in [1.29, 1.82) is 0 Å². The largest absolute Gasteiger partial charge is 0.507 e. The summed E-state index contributed by atoms with van der Waals surface area (Å²) in [6, 6.07) is 23.4. The summed E-state index contributed by atoms with van der Waals surface area (Å²) in [7, 11) is 0. The average molecular weight is 388 g/mol. The molecule has 0 radical (unpaired) electrons. The lowest BCUT2D eigenvalue weighted by Crippen LogP contribution is -2.30. The molecule has 0 spiro atoms. The van der Waals surface area contributed by atoms with Crippen molar-refractivity contribution in [2.24, 2.45) is 0 Å². The fraction of sp³-hybridized carbons (Fsp3) is 0.125. The number of carbonyl (C=O) groups is 1. The van der Waals surface area contributed by atoms with Gasteiger partial charge in [-0.15, -0.1) is 11.6 Å². The van der Waals surface area contributed by atoms with Crippen molar-refractivity contribution in [2.45, 2.75) is 5.92 Å². The van der Waals surface area contributed by atoms with Gasteiger partial charge in [-0.3, -0.25) is 4.79 Å². The quantitative estimate of drug-likeness (QED) is 0.449. The molecule has 0 bridgehead atoms. The van der Waals surface area contributed by atoms with E-state index in [9.17, 15) is 9.90 Å². The van der Waals surface area contributed by atoms with Crippen molar-refractivity contribution in [1.82, 2.24) is 0 Å². The van der Waals surface area contributed by atoms with Crippen LogP contribution in [0.4, 0.5) is 5.69 Å². The molecule has 1 amide bonds. The van der Waals surface area contributed by atoms with Crippen LogP contribution in [0.15, 0.2) is 72.8 Å². The fourth-order valence-corrected chi connectivity index (χ4v) is 4.41. The van der Waals surface area contributed by atoms with Gasteiger partial charge in [-0.25, -0.2) is 0 Å². The molecule has 1 N–H and O–H groups in total. The van der Waals surface area contributed by atoms with Gasteiger partial charge >= 0.3 is 0 Å². The van der Waals surface area contributed by atoms with Crippen molar-refractivity contribution in [3.8, 4) is 5.75 Å². The van der Waals surface area contributed by atoms with E-state index in [4.69, 9.17) is 11.6 Å². The molecule has 1 aliphatic rings. The van der Waals surface area contributed by atoms with Crippen molar-refractivity contribution >= 4 is 44.7 Å². The number of hydrogen-bond acceptors (Lipinski definition) is 2. The van der Waals surface area contributed by atoms with E-state index in [1.807, 2.05) is 72.8 Å². The van der Waals surface area contributed by atoms with Crippen LogP contribution in [0.1, 0.15) is 21.8 Å². The van der Waals surface area contributed by atoms with Crippen molar-refractivity contribution in [2.75, 3.05) is 17.3 Å². The van der Waals surface area contributed by atoms with Crippen LogP contribution in [0.5, 0.6) is 5.75 Å². The molecule has 0 unspecified atom stereocenters. The molecule has 5 rings (SSSR count). The van der Waals surface area contributed by atoms with Crippen LogP contribution in [0.25, 0.3) is 21.5 Å². The van der Waals surface area contributed by atoms with Crippen LogP contribution in [-0.2, 0) is 0 Å². The van der Waals surface area contributed by atoms with E-state index >= 15 is 0 Å². The van der Waals surface area contributed by atoms with E-state index in [-0.39, 0.29) is 17.6 Å². The average Bonchev–Trinajstić information content (AvgIpc) is 3.12. The van der Waals surface area contributed by atoms with Gasteiger partial charge in [-0.05, 0) is 34.4 Å². The number of benzene rings is 4. The SMILES string of the molecule is O=C(c1ccc2ccccc2c1)N1C[C@@H](CCl)c2c1cc1ccccc1c2O. The minimum absolute atomic E-state index is 0.0747. The van der Waals surface area contributed by atoms with Crippen LogP contribution in [-0.4, -0.2) is 23.4 Å². The highest BCUT2D eigenvalue weighted by molar-refractivity contribution is 6.19. The smallest absolute Gasteiger partial charge is 0.258 e. The summed E-state index contributed by atoms with van der Waals surface area (Å²) in [5, 5.41) is 14.7. The van der Waals surface area contributed by atoms with Crippen molar-refractivity contribution in [3.05, 3.63) is 83.9 Å². The zero-order valence-electron chi connectivity index (χ0n) is 15.1. The highest BCUT2D eigenvalue weighted by Gasteiger charge is 2.35. The molecule has 1 aliphatic heterocycles. The molecule has 0 saturated carbocycles. The molecular formula is C24H18ClNO2. The van der Waals surface area contributed by atoms with Gasteiger partial charge < -0.3 is 10.0 Å². The lowest BCUT2D eigenvalue weighted by atomic mass is 9.97. The number of anilines is 1. The first kappa shape index (κ1) is 17.1. The third-order valence-electron chi connectivity index (χ3n) is 5.57. The summed E-state index contributed by atoms with van der Waals surface area (Å²) in [6.07, 6.45) is 0. The van der Waals surface area contributed by atoms with E-state index in [1.165, 1.54) is 0 Å². The third kappa shape index (κ3) is 2.54. The Labute approximate surface area is 167 Å². The summed E-state index contributed by atoms with van der Waals surface area (Å²) < 4.78 is 0. The van der Waals surface area contributed by atoms with Gasteiger partial charge in [0.25, 0.3) is 5.91 Å². The topological polar surface area (TPSA) is 40.5 Å². The summed E-state index contributed by atoms with van der Waals surface area (Å²) in [4.78, 5) is 15.1. The molecule has 0 aromatic heterocycles. The van der Waals surface area contributed by atoms with E-state index < -0.39 is 0 Å². The van der Waals surface area contributed by atoms with Crippen molar-refractivity contribution in [3.63, 3.8) is 0 Å². The number of rotatable bonds is 2. The van der Waals surface area contributed by atoms with E-state index in [0.29, 0.717) is 18.0 Å². The number of phenolic OH excluding ortho intramolecular Hbond substituents is 1. The van der Waals surface area contributed by atoms with Gasteiger partial charge in [-0.2, -0.15) is 0 Å². The molecule has 0 fully saturated rings. The first-order valence-electron chi connectivity index (χ1n) is 9.28. The van der Waals surface area contributed by atoms with Crippen molar-refractivity contribution < 1.29 is 9.90 Å². The Morgan fingerprint density at radius 1 is 0.964 bits per heavy atom. The summed E-state index contributed by atoms with van der Waals surface area (Å²) in [5.41, 5.74) is 2.15. The molecule has 0 saturated heterocycles. The Bertz CT molecular complexity index is 1230. The minimum atomic E-state index is -0.0920. The number of phenols is 1. The normalized spacial score (nSPS) is 15.9. The Hall–Kier alpha value is -3.04. The Morgan fingerprint density at radius 3 is 2.46 bits per heavy atom. The summed E-state index contributed by atoms with van der Waals surface area (Å²) in [5.74, 6) is 0.410. The molecule has 28 heavy (non-hydrogen) atoms. The predicted octanol–water partition coefficient (Wildman–Crippen LogP) is 5.68. The molecule has 4 aromatic carbocycles. The van der Waals surface area contributed by atoms with Gasteiger partial charge in [0.1, 0.15) is 5.75 Å². The van der Waals surface area contributed by atoms with Crippen LogP contribution in [0.3, 0.4) is 0 Å². The van der Waals surface area contributed by atoms with Crippen LogP contribution < -0.4 is 4.90 Å². The third-order valence-corrected chi connectivity index (χ3v) is 5.94. The predicted molar refractivity (Wildman–Crippen MR) is 115 cm³/mol. The zero-order valence-corrected chi connectivity index (χ0v) is 15.9. The highest BCUT2D eigenvalue weighted by atomic mass is 35.5. The molecule has 4 aromatic rings. The zero-order chi connectivity index (χ0) is 19.3. The maximum Gasteiger partial charge on any atom is 0.258 e. The second-order valence-corrected chi connectivity index (χ2v) is 7.52. The fourth-order valence-electron chi connectivity index (χ4n) is 4.16. The maximum absolute atomic E-state index is 13.4.